The van der Waals surface area contributed by atoms with Crippen LogP contribution in [0.1, 0.15) is 19.3 Å². The third-order valence-corrected chi connectivity index (χ3v) is 4.03. The van der Waals surface area contributed by atoms with Crippen LogP contribution in [0.5, 0.6) is 0 Å². The molecule has 1 saturated heterocycles. The van der Waals surface area contributed by atoms with E-state index in [1.54, 1.807) is 19.3 Å². The molecule has 0 amide bonds. The van der Waals surface area contributed by atoms with Crippen LogP contribution < -0.4 is 5.32 Å². The van der Waals surface area contributed by atoms with Crippen molar-refractivity contribution in [1.82, 2.24) is 5.32 Å². The molecular weight excluding hydrogens is 158 g/mol. The summed E-state index contributed by atoms with van der Waals surface area (Å²) in [5, 5.41) is 3.53. The summed E-state index contributed by atoms with van der Waals surface area (Å²) in [5.41, 5.74) is 0. The maximum atomic E-state index is 3.53. The molecule has 3 fully saturated rings. The lowest BCUT2D eigenvalue weighted by Crippen LogP contribution is -2.19. The van der Waals surface area contributed by atoms with Gasteiger partial charge in [0.1, 0.15) is 0 Å². The standard InChI is InChI=1S/C9H15N.ClH/c1-2-7-3-6(1)8-4-10-5-9(7)8;/h6-10H,1-5H2;1H/t6-,7?,8-,9+;/m1./s1. The summed E-state index contributed by atoms with van der Waals surface area (Å²) in [6.07, 6.45) is 4.68. The van der Waals surface area contributed by atoms with E-state index in [0.29, 0.717) is 0 Å². The van der Waals surface area contributed by atoms with Crippen LogP contribution in [0.4, 0.5) is 0 Å². The summed E-state index contributed by atoms with van der Waals surface area (Å²) in [7, 11) is 0. The number of rotatable bonds is 0. The van der Waals surface area contributed by atoms with Gasteiger partial charge in [-0.2, -0.15) is 0 Å². The van der Waals surface area contributed by atoms with E-state index in [1.807, 2.05) is 0 Å². The molecule has 1 heterocycles. The summed E-state index contributed by atoms with van der Waals surface area (Å²) in [6.45, 7) is 2.68. The number of hydrogen-bond donors (Lipinski definition) is 1. The third-order valence-electron chi connectivity index (χ3n) is 4.03. The predicted molar refractivity (Wildman–Crippen MR) is 47.9 cm³/mol. The van der Waals surface area contributed by atoms with Crippen LogP contribution in [0, 0.1) is 23.7 Å². The second-order valence-corrected chi connectivity index (χ2v) is 4.32. The average molecular weight is 174 g/mol. The Morgan fingerprint density at radius 2 is 1.45 bits per heavy atom. The zero-order chi connectivity index (χ0) is 6.55. The summed E-state index contributed by atoms with van der Waals surface area (Å²) >= 11 is 0. The van der Waals surface area contributed by atoms with Gasteiger partial charge in [-0.05, 0) is 56.0 Å². The smallest absolute Gasteiger partial charge is 0.00145 e. The van der Waals surface area contributed by atoms with Gasteiger partial charge in [0.15, 0.2) is 0 Å². The fourth-order valence-electron chi connectivity index (χ4n) is 3.58. The Bertz CT molecular complexity index is 144. The topological polar surface area (TPSA) is 12.0 Å². The lowest BCUT2D eigenvalue weighted by Gasteiger charge is -2.22. The van der Waals surface area contributed by atoms with E-state index in [-0.39, 0.29) is 12.4 Å². The van der Waals surface area contributed by atoms with Crippen molar-refractivity contribution in [1.29, 1.82) is 0 Å². The van der Waals surface area contributed by atoms with Gasteiger partial charge in [0, 0.05) is 0 Å². The first-order valence-corrected chi connectivity index (χ1v) is 4.66. The minimum atomic E-state index is 0. The molecular formula is C9H16ClN. The first-order valence-electron chi connectivity index (χ1n) is 4.66. The van der Waals surface area contributed by atoms with E-state index in [1.165, 1.54) is 13.1 Å². The normalized spacial score (nSPS) is 52.4. The maximum Gasteiger partial charge on any atom is -0.00145 e. The van der Waals surface area contributed by atoms with Gasteiger partial charge < -0.3 is 5.32 Å². The lowest BCUT2D eigenvalue weighted by molar-refractivity contribution is 0.281. The van der Waals surface area contributed by atoms with Crippen LogP contribution in [0.25, 0.3) is 0 Å². The molecule has 3 rings (SSSR count). The van der Waals surface area contributed by atoms with Crippen molar-refractivity contribution in [3.8, 4) is 0 Å². The Labute approximate surface area is 74.3 Å². The monoisotopic (exact) mass is 173 g/mol. The Morgan fingerprint density at radius 1 is 0.909 bits per heavy atom. The summed E-state index contributed by atoms with van der Waals surface area (Å²) in [6, 6.07) is 0. The number of nitrogens with one attached hydrogen (secondary N) is 1. The molecule has 2 heteroatoms. The Hall–Kier alpha value is 0.250. The van der Waals surface area contributed by atoms with Crippen LogP contribution in [-0.4, -0.2) is 13.1 Å². The Balaban J connectivity index is 0.000000480. The van der Waals surface area contributed by atoms with E-state index in [2.05, 4.69) is 5.32 Å². The highest BCUT2D eigenvalue weighted by Gasteiger charge is 2.48. The van der Waals surface area contributed by atoms with Crippen LogP contribution >= 0.6 is 12.4 Å². The van der Waals surface area contributed by atoms with E-state index in [4.69, 9.17) is 0 Å². The first kappa shape index (κ1) is 7.88. The molecule has 0 spiro atoms. The van der Waals surface area contributed by atoms with Gasteiger partial charge in [0.2, 0.25) is 0 Å². The van der Waals surface area contributed by atoms with E-state index in [0.717, 1.165) is 23.7 Å². The molecule has 4 atom stereocenters. The second kappa shape index (κ2) is 2.63. The number of fused-ring (bicyclic) bond motifs is 5. The predicted octanol–water partition coefficient (Wildman–Crippen LogP) is 1.67. The molecule has 11 heavy (non-hydrogen) atoms. The van der Waals surface area contributed by atoms with Gasteiger partial charge in [-0.3, -0.25) is 0 Å². The summed E-state index contributed by atoms with van der Waals surface area (Å²) in [4.78, 5) is 0. The van der Waals surface area contributed by atoms with Crippen molar-refractivity contribution in [3.05, 3.63) is 0 Å². The summed E-state index contributed by atoms with van der Waals surface area (Å²) in [5.74, 6) is 4.45. The quantitative estimate of drug-likeness (QED) is 0.588. The first-order chi connectivity index (χ1) is 4.95. The van der Waals surface area contributed by atoms with Gasteiger partial charge in [0.25, 0.3) is 0 Å². The molecule has 2 aliphatic carbocycles. The van der Waals surface area contributed by atoms with Gasteiger partial charge in [-0.15, -0.1) is 12.4 Å². The van der Waals surface area contributed by atoms with Crippen LogP contribution in [-0.2, 0) is 0 Å². The van der Waals surface area contributed by atoms with Crippen molar-refractivity contribution >= 4 is 12.4 Å². The van der Waals surface area contributed by atoms with Gasteiger partial charge in [-0.1, -0.05) is 0 Å². The maximum absolute atomic E-state index is 3.53. The molecule has 0 aromatic heterocycles. The van der Waals surface area contributed by atoms with E-state index < -0.39 is 0 Å². The average Bonchev–Trinajstić information content (AvgIpc) is 2.60. The molecule has 0 aromatic rings. The van der Waals surface area contributed by atoms with Crippen LogP contribution in [0.3, 0.4) is 0 Å². The van der Waals surface area contributed by atoms with Crippen molar-refractivity contribution in [2.24, 2.45) is 23.7 Å². The fourth-order valence-corrected chi connectivity index (χ4v) is 3.58. The number of hydrogen-bond acceptors (Lipinski definition) is 1. The van der Waals surface area contributed by atoms with Gasteiger partial charge in [0.05, 0.1) is 0 Å². The molecule has 2 saturated carbocycles. The molecule has 3 aliphatic rings. The van der Waals surface area contributed by atoms with E-state index >= 15 is 0 Å². The zero-order valence-electron chi connectivity index (χ0n) is 6.75. The minimum absolute atomic E-state index is 0. The van der Waals surface area contributed by atoms with Crippen molar-refractivity contribution in [2.75, 3.05) is 13.1 Å². The van der Waals surface area contributed by atoms with Crippen molar-refractivity contribution in [2.45, 2.75) is 19.3 Å². The van der Waals surface area contributed by atoms with Gasteiger partial charge >= 0.3 is 0 Å². The molecule has 64 valence electrons. The molecule has 0 aromatic carbocycles. The molecule has 2 bridgehead atoms. The van der Waals surface area contributed by atoms with Crippen molar-refractivity contribution in [3.63, 3.8) is 0 Å². The fraction of sp³-hybridized carbons (Fsp3) is 1.00. The lowest BCUT2D eigenvalue weighted by atomic mass is 9.82. The molecule has 1 N–H and O–H groups in total. The van der Waals surface area contributed by atoms with E-state index in [9.17, 15) is 0 Å². The van der Waals surface area contributed by atoms with Gasteiger partial charge in [-0.25, -0.2) is 0 Å². The largest absolute Gasteiger partial charge is 0.316 e. The number of halogens is 1. The molecule has 1 unspecified atom stereocenters. The highest BCUT2D eigenvalue weighted by molar-refractivity contribution is 5.85. The molecule has 0 radical (unpaired) electrons. The highest BCUT2D eigenvalue weighted by Crippen LogP contribution is 2.53. The SMILES string of the molecule is C1C[C@@H]2CC1[C@@H]1CNC[C@H]21.Cl. The highest BCUT2D eigenvalue weighted by atomic mass is 35.5. The third kappa shape index (κ3) is 0.940. The van der Waals surface area contributed by atoms with Crippen molar-refractivity contribution < 1.29 is 0 Å². The van der Waals surface area contributed by atoms with Crippen LogP contribution in [0.15, 0.2) is 0 Å². The second-order valence-electron chi connectivity index (χ2n) is 4.32. The molecule has 1 nitrogen and oxygen atoms in total. The minimum Gasteiger partial charge on any atom is -0.316 e. The Kier molecular flexibility index (Phi) is 1.89. The van der Waals surface area contributed by atoms with Crippen LogP contribution in [0.2, 0.25) is 0 Å². The Morgan fingerprint density at radius 3 is 2.00 bits per heavy atom. The molecule has 1 aliphatic heterocycles. The zero-order valence-corrected chi connectivity index (χ0v) is 7.57. The summed E-state index contributed by atoms with van der Waals surface area (Å²) < 4.78 is 0.